The number of amides is 1. The second kappa shape index (κ2) is 12.7. The van der Waals surface area contributed by atoms with Crippen molar-refractivity contribution in [3.05, 3.63) is 102 Å². The van der Waals surface area contributed by atoms with Crippen molar-refractivity contribution in [3.8, 4) is 0 Å². The minimum absolute atomic E-state index is 0.139. The van der Waals surface area contributed by atoms with E-state index in [1.165, 1.54) is 11.8 Å². The molecule has 198 valence electrons. The smallest absolute Gasteiger partial charge is 0.411 e. The average Bonchev–Trinajstić information content (AvgIpc) is 3.28. The van der Waals surface area contributed by atoms with Gasteiger partial charge in [0.2, 0.25) is 0 Å². The molecule has 0 radical (unpaired) electrons. The first kappa shape index (κ1) is 26.6. The van der Waals surface area contributed by atoms with Gasteiger partial charge in [-0.3, -0.25) is 9.69 Å². The Labute approximate surface area is 231 Å². The number of fused-ring (bicyclic) bond motifs is 1. The molecule has 2 heterocycles. The number of thioether (sulfide) groups is 1. The molecular weight excluding hydrogens is 526 g/mol. The van der Waals surface area contributed by atoms with Crippen molar-refractivity contribution in [1.29, 1.82) is 0 Å². The van der Waals surface area contributed by atoms with Gasteiger partial charge in [-0.15, -0.1) is 11.6 Å². The van der Waals surface area contributed by atoms with E-state index in [0.717, 1.165) is 16.0 Å². The Morgan fingerprint density at radius 3 is 2.21 bits per heavy atom. The topological polar surface area (TPSA) is 74.3 Å². The highest BCUT2D eigenvalue weighted by atomic mass is 35.5. The molecule has 5 atom stereocenters. The summed E-state index contributed by atoms with van der Waals surface area (Å²) < 4.78 is 24.2. The predicted molar refractivity (Wildman–Crippen MR) is 144 cm³/mol. The van der Waals surface area contributed by atoms with Crippen molar-refractivity contribution in [2.45, 2.75) is 47.8 Å². The highest BCUT2D eigenvalue weighted by Crippen LogP contribution is 2.42. The zero-order chi connectivity index (χ0) is 26.3. The molecule has 0 aliphatic carbocycles. The molecule has 0 N–H and O–H groups in total. The van der Waals surface area contributed by atoms with Crippen molar-refractivity contribution in [3.63, 3.8) is 0 Å². The molecule has 0 bridgehead atoms. The van der Waals surface area contributed by atoms with E-state index in [1.54, 1.807) is 4.90 Å². The van der Waals surface area contributed by atoms with Crippen LogP contribution in [0.1, 0.15) is 11.1 Å². The molecular formula is C29H28ClNO6S. The van der Waals surface area contributed by atoms with Crippen LogP contribution in [0.3, 0.4) is 0 Å². The first-order valence-corrected chi connectivity index (χ1v) is 13.8. The van der Waals surface area contributed by atoms with Crippen molar-refractivity contribution in [1.82, 2.24) is 4.90 Å². The number of hydrogen-bond donors (Lipinski definition) is 0. The minimum atomic E-state index is -0.876. The Balaban J connectivity index is 1.42. The van der Waals surface area contributed by atoms with Gasteiger partial charge in [-0.1, -0.05) is 90.6 Å². The number of benzene rings is 3. The van der Waals surface area contributed by atoms with Gasteiger partial charge in [-0.05, 0) is 23.3 Å². The molecule has 1 amide bonds. The Hall–Kier alpha value is -3.04. The third kappa shape index (κ3) is 6.32. The Morgan fingerprint density at radius 2 is 1.55 bits per heavy atom. The van der Waals surface area contributed by atoms with Crippen molar-refractivity contribution >= 4 is 35.4 Å². The Kier molecular flexibility index (Phi) is 8.86. The largest absolute Gasteiger partial charge is 0.455 e. The number of alkyl halides is 1. The lowest BCUT2D eigenvalue weighted by Crippen LogP contribution is -2.60. The minimum Gasteiger partial charge on any atom is -0.455 e. The molecule has 0 saturated carbocycles. The van der Waals surface area contributed by atoms with Gasteiger partial charge in [0, 0.05) is 11.4 Å². The molecule has 0 unspecified atom stereocenters. The van der Waals surface area contributed by atoms with Crippen LogP contribution in [-0.2, 0) is 36.9 Å². The molecule has 2 aliphatic rings. The number of ether oxygens (including phenoxy) is 4. The summed E-state index contributed by atoms with van der Waals surface area (Å²) in [6.07, 6.45) is -2.78. The maximum Gasteiger partial charge on any atom is 0.411 e. The van der Waals surface area contributed by atoms with E-state index in [1.807, 2.05) is 91.0 Å². The summed E-state index contributed by atoms with van der Waals surface area (Å²) in [5.74, 6) is -0.936. The Morgan fingerprint density at radius 1 is 0.921 bits per heavy atom. The van der Waals surface area contributed by atoms with Crippen LogP contribution in [0.2, 0.25) is 0 Å². The Bertz CT molecular complexity index is 1200. The van der Waals surface area contributed by atoms with Crippen molar-refractivity contribution in [2.75, 3.05) is 12.5 Å². The molecule has 0 aromatic heterocycles. The maximum absolute atomic E-state index is 13.2. The first-order chi connectivity index (χ1) is 18.6. The lowest BCUT2D eigenvalue weighted by molar-refractivity contribution is -0.195. The number of rotatable bonds is 10. The molecule has 5 rings (SSSR count). The van der Waals surface area contributed by atoms with Crippen molar-refractivity contribution < 1.29 is 28.5 Å². The summed E-state index contributed by atoms with van der Waals surface area (Å²) in [5.41, 5.74) is 1.47. The fourth-order valence-electron chi connectivity index (χ4n) is 4.67. The van der Waals surface area contributed by atoms with Gasteiger partial charge in [0.05, 0.1) is 13.2 Å². The first-order valence-electron chi connectivity index (χ1n) is 12.4. The zero-order valence-corrected chi connectivity index (χ0v) is 22.1. The third-order valence-corrected chi connectivity index (χ3v) is 7.79. The van der Waals surface area contributed by atoms with E-state index in [4.69, 9.17) is 30.5 Å². The third-order valence-electron chi connectivity index (χ3n) is 6.41. The quantitative estimate of drug-likeness (QED) is 0.250. The predicted octanol–water partition coefficient (Wildman–Crippen LogP) is 5.26. The summed E-state index contributed by atoms with van der Waals surface area (Å²) in [4.78, 5) is 28.2. The molecule has 3 aromatic carbocycles. The van der Waals surface area contributed by atoms with Gasteiger partial charge in [0.15, 0.2) is 12.2 Å². The monoisotopic (exact) mass is 553 g/mol. The zero-order valence-electron chi connectivity index (χ0n) is 20.6. The maximum atomic E-state index is 13.2. The number of carbonyl (C=O) groups is 2. The second-order valence-corrected chi connectivity index (χ2v) is 10.5. The number of carbonyl (C=O) groups excluding carboxylic acids is 2. The standard InChI is InChI=1S/C29H28ClNO6S/c30-16-24(32)36-26-23(19-34-18-21-12-6-2-7-13-21)35-28(38-22-14-8-3-9-15-22)25-27(26)37-29(33)31(25)17-20-10-4-1-5-11-20/h1-15,23,25-28H,16-19H2/t23-,25-,26-,27-,28-/m1/s1. The van der Waals surface area contributed by atoms with Crippen LogP contribution >= 0.6 is 23.4 Å². The van der Waals surface area contributed by atoms with Gasteiger partial charge < -0.3 is 18.9 Å². The van der Waals surface area contributed by atoms with E-state index in [0.29, 0.717) is 13.2 Å². The van der Waals surface area contributed by atoms with Crippen LogP contribution in [-0.4, -0.2) is 59.2 Å². The van der Waals surface area contributed by atoms with Crippen LogP contribution in [0.25, 0.3) is 0 Å². The number of nitrogens with zero attached hydrogens (tertiary/aromatic N) is 1. The summed E-state index contributed by atoms with van der Waals surface area (Å²) in [6.45, 7) is 0.837. The lowest BCUT2D eigenvalue weighted by atomic mass is 9.97. The fourth-order valence-corrected chi connectivity index (χ4v) is 5.95. The van der Waals surface area contributed by atoms with E-state index in [9.17, 15) is 9.59 Å². The van der Waals surface area contributed by atoms with Crippen molar-refractivity contribution in [2.24, 2.45) is 0 Å². The van der Waals surface area contributed by atoms with E-state index < -0.39 is 41.9 Å². The fraction of sp³-hybridized carbons (Fsp3) is 0.310. The van der Waals surface area contributed by atoms with E-state index in [2.05, 4.69) is 0 Å². The van der Waals surface area contributed by atoms with Crippen LogP contribution in [0.4, 0.5) is 4.79 Å². The average molecular weight is 554 g/mol. The summed E-state index contributed by atoms with van der Waals surface area (Å²) in [5, 5.41) is 0. The highest BCUT2D eigenvalue weighted by molar-refractivity contribution is 7.99. The normalized spacial score (nSPS) is 24.5. The SMILES string of the molecule is O=C(CCl)O[C@H]1[C@@H]2OC(=O)N(Cc3ccccc3)[C@H]2[C@@H](Sc2ccccc2)O[C@@H]1COCc1ccccc1. The number of esters is 1. The molecule has 2 aliphatic heterocycles. The lowest BCUT2D eigenvalue weighted by Gasteiger charge is -2.43. The summed E-state index contributed by atoms with van der Waals surface area (Å²) >= 11 is 7.28. The van der Waals surface area contributed by atoms with Crippen LogP contribution in [0.5, 0.6) is 0 Å². The van der Waals surface area contributed by atoms with Crippen LogP contribution in [0, 0.1) is 0 Å². The van der Waals surface area contributed by atoms with Gasteiger partial charge in [-0.2, -0.15) is 0 Å². The molecule has 7 nitrogen and oxygen atoms in total. The molecule has 2 saturated heterocycles. The van der Waals surface area contributed by atoms with Gasteiger partial charge >= 0.3 is 12.1 Å². The van der Waals surface area contributed by atoms with Gasteiger partial charge in [0.25, 0.3) is 0 Å². The summed E-state index contributed by atoms with van der Waals surface area (Å²) in [6, 6.07) is 28.8. The second-order valence-electron chi connectivity index (χ2n) is 9.02. The van der Waals surface area contributed by atoms with Gasteiger partial charge in [0.1, 0.15) is 23.5 Å². The van der Waals surface area contributed by atoms with E-state index in [-0.39, 0.29) is 12.5 Å². The summed E-state index contributed by atoms with van der Waals surface area (Å²) in [7, 11) is 0. The highest BCUT2D eigenvalue weighted by Gasteiger charge is 2.58. The van der Waals surface area contributed by atoms with Gasteiger partial charge in [-0.25, -0.2) is 4.79 Å². The van der Waals surface area contributed by atoms with Crippen LogP contribution in [0.15, 0.2) is 95.9 Å². The molecule has 9 heteroatoms. The molecule has 0 spiro atoms. The van der Waals surface area contributed by atoms with Crippen LogP contribution < -0.4 is 0 Å². The van der Waals surface area contributed by atoms with E-state index >= 15 is 0 Å². The molecule has 3 aromatic rings. The number of halogens is 1. The molecule has 2 fully saturated rings. The number of hydrogen-bond acceptors (Lipinski definition) is 7. The molecule has 38 heavy (non-hydrogen) atoms.